The van der Waals surface area contributed by atoms with Gasteiger partial charge in [-0.3, -0.25) is 9.36 Å². The van der Waals surface area contributed by atoms with Crippen molar-refractivity contribution >= 4 is 35.1 Å². The summed E-state index contributed by atoms with van der Waals surface area (Å²) < 4.78 is 6.42. The van der Waals surface area contributed by atoms with E-state index in [-0.39, 0.29) is 24.2 Å². The zero-order valence-corrected chi connectivity index (χ0v) is 13.1. The van der Waals surface area contributed by atoms with Crippen molar-refractivity contribution in [3.8, 4) is 0 Å². The molecule has 0 aliphatic rings. The van der Waals surface area contributed by atoms with Crippen LogP contribution in [0.1, 0.15) is 20.3 Å². The fourth-order valence-corrected chi connectivity index (χ4v) is 1.94. The van der Waals surface area contributed by atoms with Gasteiger partial charge in [-0.1, -0.05) is 20.3 Å². The molecule has 1 amide bonds. The minimum atomic E-state index is -0.552. The normalized spacial score (nSPS) is 13.5. The Kier molecular flexibility index (Phi) is 5.57. The number of carbonyl (C=O) groups is 1. The number of hydrogen-bond acceptors (Lipinski definition) is 4. The van der Waals surface area contributed by atoms with Gasteiger partial charge >= 0.3 is 5.76 Å². The molecule has 2 unspecified atom stereocenters. The summed E-state index contributed by atoms with van der Waals surface area (Å²) in [7, 11) is 1.62. The van der Waals surface area contributed by atoms with E-state index in [2.05, 4.69) is 5.32 Å². The average molecular weight is 314 g/mol. The van der Waals surface area contributed by atoms with E-state index in [0.29, 0.717) is 16.8 Å². The lowest BCUT2D eigenvalue weighted by Gasteiger charge is -2.17. The molecule has 1 heterocycles. The SMILES string of the molecule is CCC(C)C(N)C(=O)Nc1ccc2oc(=O)n(C)c2c1.Cl. The molecule has 3 N–H and O–H groups in total. The lowest BCUT2D eigenvalue weighted by molar-refractivity contribution is -0.118. The maximum absolute atomic E-state index is 12.0. The van der Waals surface area contributed by atoms with Gasteiger partial charge in [-0.2, -0.15) is 0 Å². The van der Waals surface area contributed by atoms with E-state index in [1.165, 1.54) is 4.57 Å². The van der Waals surface area contributed by atoms with Crippen LogP contribution in [0, 0.1) is 5.92 Å². The number of fused-ring (bicyclic) bond motifs is 1. The third-order valence-electron chi connectivity index (χ3n) is 3.62. The predicted molar refractivity (Wildman–Crippen MR) is 84.8 cm³/mol. The molecular weight excluding hydrogens is 294 g/mol. The van der Waals surface area contributed by atoms with Gasteiger partial charge < -0.3 is 15.5 Å². The predicted octanol–water partition coefficient (Wildman–Crippen LogP) is 1.87. The molecule has 0 aliphatic carbocycles. The molecule has 0 fully saturated rings. The Hall–Kier alpha value is -1.79. The van der Waals surface area contributed by atoms with Crippen LogP contribution in [0.2, 0.25) is 0 Å². The number of amides is 1. The molecule has 0 aliphatic heterocycles. The van der Waals surface area contributed by atoms with Gasteiger partial charge in [0.2, 0.25) is 5.91 Å². The molecule has 0 radical (unpaired) electrons. The highest BCUT2D eigenvalue weighted by Crippen LogP contribution is 2.18. The maximum atomic E-state index is 12.0. The molecule has 0 saturated heterocycles. The summed E-state index contributed by atoms with van der Waals surface area (Å²) in [5.74, 6) is -0.552. The molecule has 0 spiro atoms. The second kappa shape index (κ2) is 6.78. The summed E-state index contributed by atoms with van der Waals surface area (Å²) in [5.41, 5.74) is 7.59. The lowest BCUT2D eigenvalue weighted by Crippen LogP contribution is -2.40. The smallest absolute Gasteiger partial charge is 0.408 e. The zero-order chi connectivity index (χ0) is 14.9. The Morgan fingerprint density at radius 1 is 1.48 bits per heavy atom. The highest BCUT2D eigenvalue weighted by Gasteiger charge is 2.19. The summed E-state index contributed by atoms with van der Waals surface area (Å²) in [6.07, 6.45) is 0.837. The van der Waals surface area contributed by atoms with Crippen LogP contribution in [0.5, 0.6) is 0 Å². The molecule has 6 nitrogen and oxygen atoms in total. The van der Waals surface area contributed by atoms with Gasteiger partial charge in [0.1, 0.15) is 0 Å². The van der Waals surface area contributed by atoms with Crippen LogP contribution in [-0.2, 0) is 11.8 Å². The Labute approximate surface area is 128 Å². The molecule has 2 aromatic rings. The van der Waals surface area contributed by atoms with Crippen LogP contribution in [0.4, 0.5) is 5.69 Å². The van der Waals surface area contributed by atoms with E-state index in [4.69, 9.17) is 10.2 Å². The molecule has 2 atom stereocenters. The number of nitrogens with zero attached hydrogens (tertiary/aromatic N) is 1. The second-order valence-electron chi connectivity index (χ2n) is 5.01. The largest absolute Gasteiger partial charge is 0.419 e. The molecule has 1 aromatic heterocycles. The first-order valence-electron chi connectivity index (χ1n) is 6.60. The fourth-order valence-electron chi connectivity index (χ4n) is 1.94. The number of rotatable bonds is 4. The van der Waals surface area contributed by atoms with Gasteiger partial charge in [0.05, 0.1) is 11.6 Å². The molecule has 116 valence electrons. The van der Waals surface area contributed by atoms with Crippen LogP contribution >= 0.6 is 12.4 Å². The third-order valence-corrected chi connectivity index (χ3v) is 3.62. The number of hydrogen-bond donors (Lipinski definition) is 2. The van der Waals surface area contributed by atoms with Crippen molar-refractivity contribution in [3.63, 3.8) is 0 Å². The quantitative estimate of drug-likeness (QED) is 0.901. The Balaban J connectivity index is 0.00000220. The number of oxazole rings is 1. The minimum Gasteiger partial charge on any atom is -0.408 e. The molecule has 2 rings (SSSR count). The molecule has 0 bridgehead atoms. The van der Waals surface area contributed by atoms with Crippen molar-refractivity contribution in [1.29, 1.82) is 0 Å². The topological polar surface area (TPSA) is 90.3 Å². The summed E-state index contributed by atoms with van der Waals surface area (Å²) in [4.78, 5) is 23.4. The Morgan fingerprint density at radius 2 is 2.14 bits per heavy atom. The Morgan fingerprint density at radius 3 is 2.76 bits per heavy atom. The summed E-state index contributed by atoms with van der Waals surface area (Å²) >= 11 is 0. The number of aromatic nitrogens is 1. The highest BCUT2D eigenvalue weighted by atomic mass is 35.5. The van der Waals surface area contributed by atoms with E-state index in [1.807, 2.05) is 13.8 Å². The van der Waals surface area contributed by atoms with Crippen LogP contribution in [-0.4, -0.2) is 16.5 Å². The number of halogens is 1. The van der Waals surface area contributed by atoms with E-state index in [1.54, 1.807) is 25.2 Å². The van der Waals surface area contributed by atoms with Crippen molar-refractivity contribution in [2.24, 2.45) is 18.7 Å². The zero-order valence-electron chi connectivity index (χ0n) is 12.3. The van der Waals surface area contributed by atoms with Gasteiger partial charge in [0.15, 0.2) is 5.58 Å². The summed E-state index contributed by atoms with van der Waals surface area (Å²) in [6.45, 7) is 3.93. The molecule has 0 saturated carbocycles. The van der Waals surface area contributed by atoms with Crippen molar-refractivity contribution in [2.45, 2.75) is 26.3 Å². The number of aryl methyl sites for hydroxylation is 1. The first-order valence-corrected chi connectivity index (χ1v) is 6.60. The fraction of sp³-hybridized carbons (Fsp3) is 0.429. The number of anilines is 1. The van der Waals surface area contributed by atoms with Crippen molar-refractivity contribution < 1.29 is 9.21 Å². The van der Waals surface area contributed by atoms with Crippen LogP contribution in [0.3, 0.4) is 0 Å². The van der Waals surface area contributed by atoms with E-state index in [0.717, 1.165) is 6.42 Å². The molecular formula is C14H20ClN3O3. The first kappa shape index (κ1) is 17.3. The summed E-state index contributed by atoms with van der Waals surface area (Å²) in [6, 6.07) is 4.48. The van der Waals surface area contributed by atoms with Gasteiger partial charge in [-0.05, 0) is 24.1 Å². The number of benzene rings is 1. The summed E-state index contributed by atoms with van der Waals surface area (Å²) in [5, 5.41) is 2.76. The maximum Gasteiger partial charge on any atom is 0.419 e. The molecule has 7 heteroatoms. The molecule has 1 aromatic carbocycles. The first-order chi connectivity index (χ1) is 9.43. The monoisotopic (exact) mass is 313 g/mol. The van der Waals surface area contributed by atoms with Crippen LogP contribution in [0.25, 0.3) is 11.1 Å². The van der Waals surface area contributed by atoms with Crippen LogP contribution in [0.15, 0.2) is 27.4 Å². The van der Waals surface area contributed by atoms with Gasteiger partial charge in [0, 0.05) is 12.7 Å². The second-order valence-corrected chi connectivity index (χ2v) is 5.01. The number of nitrogens with two attached hydrogens (primary N) is 1. The van der Waals surface area contributed by atoms with Gasteiger partial charge in [0.25, 0.3) is 0 Å². The van der Waals surface area contributed by atoms with Crippen LogP contribution < -0.4 is 16.8 Å². The number of nitrogens with one attached hydrogen (secondary N) is 1. The van der Waals surface area contributed by atoms with Crippen molar-refractivity contribution in [3.05, 3.63) is 28.7 Å². The van der Waals surface area contributed by atoms with E-state index < -0.39 is 11.8 Å². The number of carbonyl (C=O) groups excluding carboxylic acids is 1. The minimum absolute atomic E-state index is 0. The van der Waals surface area contributed by atoms with Crippen molar-refractivity contribution in [1.82, 2.24) is 4.57 Å². The van der Waals surface area contributed by atoms with E-state index in [9.17, 15) is 9.59 Å². The Bertz CT molecular complexity index is 692. The van der Waals surface area contributed by atoms with Gasteiger partial charge in [-0.25, -0.2) is 4.79 Å². The van der Waals surface area contributed by atoms with Gasteiger partial charge in [-0.15, -0.1) is 12.4 Å². The van der Waals surface area contributed by atoms with Crippen molar-refractivity contribution in [2.75, 3.05) is 5.32 Å². The van der Waals surface area contributed by atoms with E-state index >= 15 is 0 Å². The standard InChI is InChI=1S/C14H19N3O3.ClH/c1-4-8(2)12(15)13(18)16-9-5-6-11-10(7-9)17(3)14(19)20-11;/h5-8,12H,4,15H2,1-3H3,(H,16,18);1H. The lowest BCUT2D eigenvalue weighted by atomic mass is 9.99. The third kappa shape index (κ3) is 3.46. The average Bonchev–Trinajstić information content (AvgIpc) is 2.72. The molecule has 21 heavy (non-hydrogen) atoms. The highest BCUT2D eigenvalue weighted by molar-refractivity contribution is 5.96.